The highest BCUT2D eigenvalue weighted by atomic mass is 16.3. The largest absolute Gasteiger partial charge is 0.456 e. The molecule has 5 nitrogen and oxygen atoms in total. The molecule has 73 heavy (non-hydrogen) atoms. The maximum absolute atomic E-state index is 15.5. The number of para-hydroxylation sites is 2. The Morgan fingerprint density at radius 1 is 0.356 bits per heavy atom. The quantitative estimate of drug-likeness (QED) is 0.164. The van der Waals surface area contributed by atoms with Gasteiger partial charge in [-0.15, -0.1) is 0 Å². The van der Waals surface area contributed by atoms with Gasteiger partial charge in [0.15, 0.2) is 11.6 Å². The van der Waals surface area contributed by atoms with Gasteiger partial charge in [0.1, 0.15) is 22.3 Å². The van der Waals surface area contributed by atoms with E-state index < -0.39 is 0 Å². The van der Waals surface area contributed by atoms with Gasteiger partial charge in [-0.3, -0.25) is 9.59 Å². The van der Waals surface area contributed by atoms with Gasteiger partial charge in [-0.1, -0.05) is 133 Å². The number of fused-ring (bicyclic) bond motifs is 24. The Bertz CT molecular complexity index is 4770. The van der Waals surface area contributed by atoms with Crippen LogP contribution < -0.4 is 0 Å². The van der Waals surface area contributed by atoms with Gasteiger partial charge >= 0.3 is 0 Å². The number of hydrogen-bond acceptors (Lipinski definition) is 4. The standard InChI is InChI=1S/C68H35NO4/c70-65-45-29-51-39(27-41(45)60-33-13-1-7-19-47(33)67(60)49-21-9-3-15-35(49)62(65)67)43-25-32(57-58-37-17-5-11-23-53(37)72-55(58)31-56-59(57)38-18-6-12-24-54(38)73-56)26-44-40-28-42-46(30-52(40)69(51)64(43)44)66(71)63-36-16-4-10-22-50(36)68(63)48-20-8-2-14-34(48)61(42)68/h1-31,60-63H. The lowest BCUT2D eigenvalue weighted by Gasteiger charge is -2.64. The van der Waals surface area contributed by atoms with E-state index in [1.807, 2.05) is 24.3 Å². The molecule has 336 valence electrons. The number of benzene rings is 10. The van der Waals surface area contributed by atoms with Crippen molar-refractivity contribution in [2.75, 3.05) is 0 Å². The van der Waals surface area contributed by atoms with Crippen LogP contribution in [0.5, 0.6) is 0 Å². The van der Waals surface area contributed by atoms with Crippen LogP contribution in [0.1, 0.15) is 100 Å². The summed E-state index contributed by atoms with van der Waals surface area (Å²) < 4.78 is 15.8. The summed E-state index contributed by atoms with van der Waals surface area (Å²) in [6, 6.07) is 67.6. The number of rotatable bonds is 1. The smallest absolute Gasteiger partial charge is 0.171 e. The molecule has 2 spiro atoms. The van der Waals surface area contributed by atoms with Crippen molar-refractivity contribution in [1.29, 1.82) is 0 Å². The fourth-order valence-electron chi connectivity index (χ4n) is 17.0. The number of carbonyl (C=O) groups excluding carboxylic acids is 2. The fourth-order valence-corrected chi connectivity index (χ4v) is 17.0. The van der Waals surface area contributed by atoms with Crippen molar-refractivity contribution < 1.29 is 18.4 Å². The van der Waals surface area contributed by atoms with Crippen molar-refractivity contribution in [3.05, 3.63) is 255 Å². The van der Waals surface area contributed by atoms with Gasteiger partial charge in [0.2, 0.25) is 0 Å². The molecule has 0 fully saturated rings. The first kappa shape index (κ1) is 36.8. The summed E-state index contributed by atoms with van der Waals surface area (Å²) in [6.07, 6.45) is 0. The molecular weight excluding hydrogens is 895 g/mol. The molecule has 0 saturated heterocycles. The van der Waals surface area contributed by atoms with Crippen LogP contribution in [0.2, 0.25) is 0 Å². The molecule has 0 amide bonds. The molecular formula is C68H35NO4. The van der Waals surface area contributed by atoms with Crippen LogP contribution in [0.4, 0.5) is 0 Å². The van der Waals surface area contributed by atoms with Crippen molar-refractivity contribution in [3.8, 4) is 11.1 Å². The summed E-state index contributed by atoms with van der Waals surface area (Å²) in [5.41, 5.74) is 21.5. The van der Waals surface area contributed by atoms with E-state index in [2.05, 4.69) is 168 Å². The van der Waals surface area contributed by atoms with Crippen LogP contribution in [0.25, 0.3) is 93.1 Å². The molecule has 6 aliphatic carbocycles. The lowest BCUT2D eigenvalue weighted by Crippen LogP contribution is -2.61. The van der Waals surface area contributed by atoms with E-state index in [1.54, 1.807) is 0 Å². The first-order chi connectivity index (χ1) is 36.0. The Labute approximate surface area is 414 Å². The molecule has 10 aromatic carbocycles. The highest BCUT2D eigenvalue weighted by molar-refractivity contribution is 6.30. The second-order valence-electron chi connectivity index (χ2n) is 21.9. The summed E-state index contributed by atoms with van der Waals surface area (Å²) in [5.74, 6) is -0.0275. The summed E-state index contributed by atoms with van der Waals surface area (Å²) in [4.78, 5) is 31.0. The summed E-state index contributed by atoms with van der Waals surface area (Å²) in [7, 11) is 0. The molecule has 6 unspecified atom stereocenters. The normalized spacial score (nSPS) is 23.2. The van der Waals surface area contributed by atoms with Gasteiger partial charge in [-0.25, -0.2) is 0 Å². The topological polar surface area (TPSA) is 64.8 Å². The predicted octanol–water partition coefficient (Wildman–Crippen LogP) is 15.8. The van der Waals surface area contributed by atoms with Crippen LogP contribution in [0, 0.1) is 0 Å². The molecule has 20 rings (SSSR count). The van der Waals surface area contributed by atoms with E-state index in [1.165, 1.54) is 33.4 Å². The maximum Gasteiger partial charge on any atom is 0.171 e. The predicted molar refractivity (Wildman–Crippen MR) is 286 cm³/mol. The Morgan fingerprint density at radius 3 is 1.21 bits per heavy atom. The second-order valence-corrected chi connectivity index (χ2v) is 21.9. The number of aromatic nitrogens is 1. The Hall–Kier alpha value is -9.06. The second kappa shape index (κ2) is 11.7. The summed E-state index contributed by atoms with van der Waals surface area (Å²) >= 11 is 0. The van der Waals surface area contributed by atoms with Gasteiger partial charge in [-0.05, 0) is 110 Å². The first-order valence-corrected chi connectivity index (χ1v) is 25.6. The average molecular weight is 930 g/mol. The van der Waals surface area contributed by atoms with Crippen LogP contribution in [0.15, 0.2) is 197 Å². The molecule has 0 bridgehead atoms. The minimum atomic E-state index is -0.385. The van der Waals surface area contributed by atoms with Crippen molar-refractivity contribution in [2.24, 2.45) is 0 Å². The molecule has 6 atom stereocenters. The van der Waals surface area contributed by atoms with Crippen molar-refractivity contribution in [2.45, 2.75) is 34.5 Å². The third kappa shape index (κ3) is 3.65. The number of carbonyl (C=O) groups is 2. The lowest BCUT2D eigenvalue weighted by atomic mass is 9.36. The number of Topliss-reactive ketones (excluding diaryl/α,β-unsaturated/α-hetero) is 2. The molecule has 4 aromatic heterocycles. The zero-order chi connectivity index (χ0) is 47.1. The minimum Gasteiger partial charge on any atom is -0.456 e. The lowest BCUT2D eigenvalue weighted by molar-refractivity contribution is 0.0839. The molecule has 14 aromatic rings. The van der Waals surface area contributed by atoms with E-state index >= 15 is 9.59 Å². The molecule has 5 heteroatoms. The monoisotopic (exact) mass is 929 g/mol. The van der Waals surface area contributed by atoms with Crippen molar-refractivity contribution in [3.63, 3.8) is 0 Å². The maximum atomic E-state index is 15.5. The van der Waals surface area contributed by atoms with Gasteiger partial charge < -0.3 is 13.2 Å². The zero-order valence-electron chi connectivity index (χ0n) is 38.8. The number of furan rings is 2. The first-order valence-electron chi connectivity index (χ1n) is 25.6. The number of nitrogens with zero attached hydrogens (tertiary/aromatic N) is 1. The summed E-state index contributed by atoms with van der Waals surface area (Å²) in [5, 5.41) is 8.62. The number of ketones is 2. The highest BCUT2D eigenvalue weighted by Crippen LogP contribution is 2.75. The van der Waals surface area contributed by atoms with Crippen molar-refractivity contribution >= 4 is 93.5 Å². The van der Waals surface area contributed by atoms with Gasteiger partial charge in [0.05, 0.1) is 28.4 Å². The summed E-state index contributed by atoms with van der Waals surface area (Å²) in [6.45, 7) is 0. The van der Waals surface area contributed by atoms with E-state index in [4.69, 9.17) is 8.83 Å². The highest BCUT2D eigenvalue weighted by Gasteiger charge is 2.70. The molecule has 0 aliphatic heterocycles. The molecule has 6 aliphatic rings. The Kier molecular flexibility index (Phi) is 5.88. The van der Waals surface area contributed by atoms with Crippen molar-refractivity contribution in [1.82, 2.24) is 4.40 Å². The average Bonchev–Trinajstić information content (AvgIpc) is 4.15. The SMILES string of the molecule is O=C1c2cc3c(cc2C2c4ccccc4C24c2ccccc2C14)c1cc(-c2c4c(cc5oc6ccccc6c25)oc2ccccc24)cc2c4cc5c(cc4n3c12)C(=O)C1c2ccccc2C12c1ccccc1C52. The Balaban J connectivity index is 0.947. The third-order valence-corrected chi connectivity index (χ3v) is 19.4. The van der Waals surface area contributed by atoms with E-state index in [-0.39, 0.29) is 46.1 Å². The van der Waals surface area contributed by atoms with Gasteiger partial charge in [0.25, 0.3) is 0 Å². The van der Waals surface area contributed by atoms with E-state index in [0.29, 0.717) is 0 Å². The third-order valence-electron chi connectivity index (χ3n) is 19.4. The molecule has 0 N–H and O–H groups in total. The molecule has 4 heterocycles. The molecule has 0 saturated carbocycles. The van der Waals surface area contributed by atoms with E-state index in [9.17, 15) is 0 Å². The van der Waals surface area contributed by atoms with Gasteiger partial charge in [-0.2, -0.15) is 0 Å². The number of hydrogen-bond donors (Lipinski definition) is 0. The van der Waals surface area contributed by atoms with Crippen LogP contribution in [0.3, 0.4) is 0 Å². The van der Waals surface area contributed by atoms with Crippen LogP contribution in [-0.2, 0) is 10.8 Å². The van der Waals surface area contributed by atoms with Crippen LogP contribution in [-0.4, -0.2) is 16.0 Å². The zero-order valence-corrected chi connectivity index (χ0v) is 38.8. The van der Waals surface area contributed by atoms with Crippen LogP contribution >= 0.6 is 0 Å². The fraction of sp³-hybridized carbons (Fsp3) is 0.0882. The minimum absolute atomic E-state index is 0.0422. The Morgan fingerprint density at radius 2 is 0.753 bits per heavy atom. The molecule has 0 radical (unpaired) electrons. The van der Waals surface area contributed by atoms with E-state index in [0.717, 1.165) is 126 Å². The van der Waals surface area contributed by atoms with Gasteiger partial charge in [0, 0.05) is 88.5 Å².